The molecular weight excluding hydrogens is 482 g/mol. The normalized spacial score (nSPS) is 16.9. The predicted octanol–water partition coefficient (Wildman–Crippen LogP) is 1.75. The minimum Gasteiger partial charge on any atom is -0.490 e. The van der Waals surface area contributed by atoms with E-state index in [4.69, 9.17) is 14.2 Å². The number of imide groups is 2. The monoisotopic (exact) mass is 509 g/mol. The maximum Gasteiger partial charge on any atom is 0.409 e. The SMILES string of the molecule is CN(CCOCCOc1cccc2c1C(=O)N(C1CCC(=O)NC1=O)C2=O)C(=O)OCc1ccccc1. The summed E-state index contributed by atoms with van der Waals surface area (Å²) < 4.78 is 16.5. The largest absolute Gasteiger partial charge is 0.490 e. The molecule has 2 heterocycles. The van der Waals surface area contributed by atoms with Crippen molar-refractivity contribution in [3.8, 4) is 5.75 Å². The summed E-state index contributed by atoms with van der Waals surface area (Å²) in [5, 5.41) is 2.17. The number of hydrogen-bond donors (Lipinski definition) is 1. The van der Waals surface area contributed by atoms with Gasteiger partial charge in [-0.25, -0.2) is 4.79 Å². The Balaban J connectivity index is 1.22. The van der Waals surface area contributed by atoms with E-state index in [-0.39, 0.29) is 56.1 Å². The first kappa shape index (κ1) is 25.8. The van der Waals surface area contributed by atoms with E-state index in [1.807, 2.05) is 30.3 Å². The van der Waals surface area contributed by atoms with Crippen LogP contribution >= 0.6 is 0 Å². The minimum absolute atomic E-state index is 0.0461. The van der Waals surface area contributed by atoms with Crippen LogP contribution in [0.1, 0.15) is 39.1 Å². The molecule has 1 unspecified atom stereocenters. The fourth-order valence-corrected chi connectivity index (χ4v) is 4.04. The highest BCUT2D eigenvalue weighted by Gasteiger charge is 2.45. The molecule has 2 aliphatic heterocycles. The van der Waals surface area contributed by atoms with E-state index in [2.05, 4.69) is 5.32 Å². The number of carbonyl (C=O) groups is 5. The van der Waals surface area contributed by atoms with Crippen molar-refractivity contribution in [1.82, 2.24) is 15.1 Å². The Hall–Kier alpha value is -4.25. The van der Waals surface area contributed by atoms with Gasteiger partial charge in [-0.15, -0.1) is 0 Å². The molecule has 1 saturated heterocycles. The second kappa shape index (κ2) is 11.7. The standard InChI is InChI=1S/C26H27N3O8/c1-28(26(34)37-16-17-6-3-2-4-7-17)12-13-35-14-15-36-20-9-5-8-18-22(20)25(33)29(24(18)32)19-10-11-21(30)27-23(19)31/h2-9,19H,10-16H2,1H3,(H,27,30,31). The lowest BCUT2D eigenvalue weighted by molar-refractivity contribution is -0.136. The number of nitrogens with one attached hydrogen (secondary N) is 1. The van der Waals surface area contributed by atoms with E-state index in [0.717, 1.165) is 10.5 Å². The molecule has 2 aromatic carbocycles. The molecule has 0 aliphatic carbocycles. The number of ether oxygens (including phenoxy) is 3. The molecule has 194 valence electrons. The number of benzene rings is 2. The fraction of sp³-hybridized carbons (Fsp3) is 0.346. The zero-order valence-corrected chi connectivity index (χ0v) is 20.3. The quantitative estimate of drug-likeness (QED) is 0.379. The molecule has 11 heteroatoms. The molecule has 0 aromatic heterocycles. The average molecular weight is 510 g/mol. The molecule has 4 rings (SSSR count). The lowest BCUT2D eigenvalue weighted by atomic mass is 10.0. The molecule has 0 radical (unpaired) electrons. The van der Waals surface area contributed by atoms with Gasteiger partial charge in [-0.3, -0.25) is 29.4 Å². The van der Waals surface area contributed by atoms with Crippen molar-refractivity contribution >= 4 is 29.7 Å². The molecule has 0 bridgehead atoms. The summed E-state index contributed by atoms with van der Waals surface area (Å²) in [6.07, 6.45) is -0.342. The summed E-state index contributed by atoms with van der Waals surface area (Å²) in [5.41, 5.74) is 1.12. The first-order chi connectivity index (χ1) is 17.9. The Labute approximate surface area is 213 Å². The average Bonchev–Trinajstić information content (AvgIpc) is 3.15. The van der Waals surface area contributed by atoms with Crippen LogP contribution in [0.5, 0.6) is 5.75 Å². The lowest BCUT2D eigenvalue weighted by Gasteiger charge is -2.27. The van der Waals surface area contributed by atoms with Crippen LogP contribution < -0.4 is 10.1 Å². The topological polar surface area (TPSA) is 132 Å². The third-order valence-electron chi connectivity index (χ3n) is 6.00. The molecule has 2 aliphatic rings. The second-order valence-corrected chi connectivity index (χ2v) is 8.55. The second-order valence-electron chi connectivity index (χ2n) is 8.55. The van der Waals surface area contributed by atoms with Crippen LogP contribution in [0.3, 0.4) is 0 Å². The molecular formula is C26H27N3O8. The number of piperidine rings is 1. The summed E-state index contributed by atoms with van der Waals surface area (Å²) in [6.45, 7) is 1.01. The van der Waals surface area contributed by atoms with E-state index in [1.54, 1.807) is 19.2 Å². The van der Waals surface area contributed by atoms with Crippen molar-refractivity contribution < 1.29 is 38.2 Å². The van der Waals surface area contributed by atoms with Gasteiger partial charge in [0.1, 0.15) is 25.0 Å². The fourth-order valence-electron chi connectivity index (χ4n) is 4.04. The summed E-state index contributed by atoms with van der Waals surface area (Å²) in [4.78, 5) is 64.0. The van der Waals surface area contributed by atoms with Crippen molar-refractivity contribution in [3.05, 3.63) is 65.2 Å². The molecule has 1 N–H and O–H groups in total. The van der Waals surface area contributed by atoms with Crippen LogP contribution in [0.25, 0.3) is 0 Å². The van der Waals surface area contributed by atoms with E-state index in [9.17, 15) is 24.0 Å². The van der Waals surface area contributed by atoms with Crippen molar-refractivity contribution in [2.24, 2.45) is 0 Å². The minimum atomic E-state index is -1.04. The van der Waals surface area contributed by atoms with Gasteiger partial charge in [0.15, 0.2) is 0 Å². The van der Waals surface area contributed by atoms with Gasteiger partial charge in [0.25, 0.3) is 11.8 Å². The number of carbonyl (C=O) groups excluding carboxylic acids is 5. The van der Waals surface area contributed by atoms with Crippen LogP contribution in [0.2, 0.25) is 0 Å². The van der Waals surface area contributed by atoms with Crippen molar-refractivity contribution in [1.29, 1.82) is 0 Å². The smallest absolute Gasteiger partial charge is 0.409 e. The Kier molecular flexibility index (Phi) is 8.14. The van der Waals surface area contributed by atoms with Gasteiger partial charge in [-0.05, 0) is 24.1 Å². The third kappa shape index (κ3) is 5.95. The van der Waals surface area contributed by atoms with E-state index < -0.39 is 35.8 Å². The molecule has 2 aromatic rings. The molecule has 5 amide bonds. The number of hydrogen-bond acceptors (Lipinski definition) is 8. The van der Waals surface area contributed by atoms with E-state index in [0.29, 0.717) is 6.54 Å². The number of likely N-dealkylation sites (N-methyl/N-ethyl adjacent to an activating group) is 1. The molecule has 11 nitrogen and oxygen atoms in total. The summed E-state index contributed by atoms with van der Waals surface area (Å²) in [7, 11) is 1.61. The highest BCUT2D eigenvalue weighted by Crippen LogP contribution is 2.33. The number of amides is 5. The number of fused-ring (bicyclic) bond motifs is 1. The maximum absolute atomic E-state index is 13.1. The summed E-state index contributed by atoms with van der Waals surface area (Å²) in [6, 6.07) is 13.0. The molecule has 0 saturated carbocycles. The third-order valence-corrected chi connectivity index (χ3v) is 6.00. The van der Waals surface area contributed by atoms with Crippen molar-refractivity contribution in [2.45, 2.75) is 25.5 Å². The van der Waals surface area contributed by atoms with Gasteiger partial charge in [0.05, 0.1) is 24.3 Å². The molecule has 37 heavy (non-hydrogen) atoms. The first-order valence-electron chi connectivity index (χ1n) is 11.8. The van der Waals surface area contributed by atoms with Crippen LogP contribution in [0.15, 0.2) is 48.5 Å². The zero-order chi connectivity index (χ0) is 26.4. The summed E-state index contributed by atoms with van der Waals surface area (Å²) in [5.74, 6) is -2.14. The Morgan fingerprint density at radius 3 is 2.54 bits per heavy atom. The maximum atomic E-state index is 13.1. The van der Waals surface area contributed by atoms with Crippen molar-refractivity contribution in [3.63, 3.8) is 0 Å². The number of rotatable bonds is 10. The van der Waals surface area contributed by atoms with Crippen molar-refractivity contribution in [2.75, 3.05) is 33.4 Å². The van der Waals surface area contributed by atoms with Crippen LogP contribution in [0.4, 0.5) is 4.79 Å². The van der Waals surface area contributed by atoms with Crippen LogP contribution in [-0.4, -0.2) is 79.0 Å². The predicted molar refractivity (Wildman–Crippen MR) is 129 cm³/mol. The van der Waals surface area contributed by atoms with Gasteiger partial charge in [0, 0.05) is 20.0 Å². The molecule has 1 fully saturated rings. The highest BCUT2D eigenvalue weighted by atomic mass is 16.6. The Bertz CT molecular complexity index is 1200. The van der Waals surface area contributed by atoms with Gasteiger partial charge in [-0.2, -0.15) is 0 Å². The number of nitrogens with zero attached hydrogens (tertiary/aromatic N) is 2. The van der Waals surface area contributed by atoms with E-state index >= 15 is 0 Å². The van der Waals surface area contributed by atoms with Gasteiger partial charge in [-0.1, -0.05) is 36.4 Å². The Morgan fingerprint density at radius 2 is 1.78 bits per heavy atom. The summed E-state index contributed by atoms with van der Waals surface area (Å²) >= 11 is 0. The van der Waals surface area contributed by atoms with Gasteiger partial charge < -0.3 is 19.1 Å². The van der Waals surface area contributed by atoms with E-state index in [1.165, 1.54) is 11.0 Å². The molecule has 0 spiro atoms. The van der Waals surface area contributed by atoms with Crippen LogP contribution in [0, 0.1) is 0 Å². The van der Waals surface area contributed by atoms with Gasteiger partial charge in [0.2, 0.25) is 11.8 Å². The Morgan fingerprint density at radius 1 is 1.00 bits per heavy atom. The van der Waals surface area contributed by atoms with Crippen LogP contribution in [-0.2, 0) is 25.7 Å². The van der Waals surface area contributed by atoms with Gasteiger partial charge >= 0.3 is 6.09 Å². The first-order valence-corrected chi connectivity index (χ1v) is 11.8. The lowest BCUT2D eigenvalue weighted by Crippen LogP contribution is -2.54. The molecule has 1 atom stereocenters. The zero-order valence-electron chi connectivity index (χ0n) is 20.3. The highest BCUT2D eigenvalue weighted by molar-refractivity contribution is 6.24.